The standard InChI is InChI=1S/C30H31NO4S/c1-5-11-23-16-21(18-27-29(32)31(20(4)6-2)30(33)36-27)17-26(34-7-3)28(23)35-19-24-14-10-13-22-12-8-9-15-25(22)24/h5,8-10,12-18,20H,1,6-7,11,19H2,2-4H3/b27-18+/t20-/m1/s1. The molecular weight excluding hydrogens is 470 g/mol. The summed E-state index contributed by atoms with van der Waals surface area (Å²) in [6, 6.07) is 18.1. The number of benzene rings is 3. The van der Waals surface area contributed by atoms with Crippen LogP contribution in [0, 0.1) is 0 Å². The van der Waals surface area contributed by atoms with Crippen molar-refractivity contribution in [1.29, 1.82) is 0 Å². The number of allylic oxidation sites excluding steroid dienone is 1. The molecule has 0 aromatic heterocycles. The van der Waals surface area contributed by atoms with Crippen molar-refractivity contribution in [1.82, 2.24) is 4.90 Å². The van der Waals surface area contributed by atoms with Gasteiger partial charge in [0.05, 0.1) is 11.5 Å². The Labute approximate surface area is 216 Å². The van der Waals surface area contributed by atoms with Crippen LogP contribution in [0.4, 0.5) is 4.79 Å². The molecule has 1 saturated heterocycles. The van der Waals surface area contributed by atoms with Crippen LogP contribution in [0.5, 0.6) is 11.5 Å². The lowest BCUT2D eigenvalue weighted by molar-refractivity contribution is -0.124. The fourth-order valence-corrected chi connectivity index (χ4v) is 5.19. The molecule has 186 valence electrons. The molecule has 2 amide bonds. The zero-order valence-corrected chi connectivity index (χ0v) is 21.8. The number of imide groups is 1. The molecule has 0 saturated carbocycles. The minimum Gasteiger partial charge on any atom is -0.490 e. The Bertz CT molecular complexity index is 1320. The maximum Gasteiger partial charge on any atom is 0.293 e. The Morgan fingerprint density at radius 3 is 2.56 bits per heavy atom. The number of ether oxygens (including phenoxy) is 2. The van der Waals surface area contributed by atoms with Gasteiger partial charge in [-0.2, -0.15) is 0 Å². The van der Waals surface area contributed by atoms with Crippen molar-refractivity contribution in [2.75, 3.05) is 6.61 Å². The second kappa shape index (κ2) is 11.5. The number of carbonyl (C=O) groups is 2. The average molecular weight is 502 g/mol. The molecule has 1 fully saturated rings. The molecule has 1 heterocycles. The van der Waals surface area contributed by atoms with Crippen LogP contribution in [-0.4, -0.2) is 28.7 Å². The molecule has 0 spiro atoms. The monoisotopic (exact) mass is 501 g/mol. The van der Waals surface area contributed by atoms with Crippen LogP contribution in [0.2, 0.25) is 0 Å². The average Bonchev–Trinajstić information content (AvgIpc) is 3.15. The van der Waals surface area contributed by atoms with E-state index in [1.54, 1.807) is 6.08 Å². The van der Waals surface area contributed by atoms with E-state index in [9.17, 15) is 9.59 Å². The van der Waals surface area contributed by atoms with Gasteiger partial charge in [-0.1, -0.05) is 55.5 Å². The predicted octanol–water partition coefficient (Wildman–Crippen LogP) is 7.38. The van der Waals surface area contributed by atoms with Gasteiger partial charge in [0.2, 0.25) is 0 Å². The third-order valence-corrected chi connectivity index (χ3v) is 7.11. The predicted molar refractivity (Wildman–Crippen MR) is 147 cm³/mol. The summed E-state index contributed by atoms with van der Waals surface area (Å²) >= 11 is 0.978. The smallest absolute Gasteiger partial charge is 0.293 e. The van der Waals surface area contributed by atoms with Gasteiger partial charge in [0.15, 0.2) is 11.5 Å². The molecule has 4 rings (SSSR count). The van der Waals surface area contributed by atoms with Gasteiger partial charge in [-0.15, -0.1) is 6.58 Å². The van der Waals surface area contributed by atoms with Gasteiger partial charge in [0.25, 0.3) is 11.1 Å². The van der Waals surface area contributed by atoms with E-state index in [1.165, 1.54) is 4.90 Å². The molecule has 0 aliphatic carbocycles. The molecule has 1 atom stereocenters. The highest BCUT2D eigenvalue weighted by molar-refractivity contribution is 8.18. The van der Waals surface area contributed by atoms with E-state index in [0.29, 0.717) is 42.5 Å². The number of nitrogens with zero attached hydrogens (tertiary/aromatic N) is 1. The van der Waals surface area contributed by atoms with Crippen LogP contribution in [0.3, 0.4) is 0 Å². The second-order valence-corrected chi connectivity index (χ2v) is 9.66. The zero-order valence-electron chi connectivity index (χ0n) is 21.0. The molecule has 0 N–H and O–H groups in total. The van der Waals surface area contributed by atoms with Crippen LogP contribution in [0.15, 0.2) is 72.2 Å². The lowest BCUT2D eigenvalue weighted by Gasteiger charge is -2.19. The lowest BCUT2D eigenvalue weighted by Crippen LogP contribution is -2.36. The Kier molecular flexibility index (Phi) is 8.16. The van der Waals surface area contributed by atoms with E-state index in [4.69, 9.17) is 9.47 Å². The van der Waals surface area contributed by atoms with E-state index in [-0.39, 0.29) is 17.2 Å². The van der Waals surface area contributed by atoms with Crippen molar-refractivity contribution < 1.29 is 19.1 Å². The maximum atomic E-state index is 12.9. The summed E-state index contributed by atoms with van der Waals surface area (Å²) in [6.07, 6.45) is 4.86. The molecule has 1 aliphatic rings. The number of amides is 2. The van der Waals surface area contributed by atoms with Crippen molar-refractivity contribution in [2.45, 2.75) is 46.3 Å². The summed E-state index contributed by atoms with van der Waals surface area (Å²) in [5.74, 6) is 1.01. The fourth-order valence-electron chi connectivity index (χ4n) is 4.26. The molecule has 3 aromatic rings. The Morgan fingerprint density at radius 1 is 1.03 bits per heavy atom. The van der Waals surface area contributed by atoms with Gasteiger partial charge in [-0.3, -0.25) is 14.5 Å². The van der Waals surface area contributed by atoms with E-state index < -0.39 is 0 Å². The van der Waals surface area contributed by atoms with E-state index >= 15 is 0 Å². The van der Waals surface area contributed by atoms with Gasteiger partial charge < -0.3 is 9.47 Å². The van der Waals surface area contributed by atoms with Crippen LogP contribution < -0.4 is 9.47 Å². The molecule has 0 radical (unpaired) electrons. The highest BCUT2D eigenvalue weighted by Gasteiger charge is 2.37. The van der Waals surface area contributed by atoms with Gasteiger partial charge in [0.1, 0.15) is 6.61 Å². The van der Waals surface area contributed by atoms with Crippen LogP contribution in [0.25, 0.3) is 16.8 Å². The molecular formula is C30H31NO4S. The van der Waals surface area contributed by atoms with Crippen molar-refractivity contribution in [3.8, 4) is 11.5 Å². The fraction of sp³-hybridized carbons (Fsp3) is 0.267. The Balaban J connectivity index is 1.68. The summed E-state index contributed by atoms with van der Waals surface area (Å²) in [5, 5.41) is 2.08. The van der Waals surface area contributed by atoms with Crippen molar-refractivity contribution in [2.24, 2.45) is 0 Å². The first-order chi connectivity index (χ1) is 17.5. The van der Waals surface area contributed by atoms with E-state index in [2.05, 4.69) is 30.8 Å². The van der Waals surface area contributed by atoms with Gasteiger partial charge in [-0.05, 0) is 78.6 Å². The Hall–Kier alpha value is -3.51. The summed E-state index contributed by atoms with van der Waals surface area (Å²) in [5.41, 5.74) is 2.77. The number of hydrogen-bond acceptors (Lipinski definition) is 5. The molecule has 5 nitrogen and oxygen atoms in total. The second-order valence-electron chi connectivity index (χ2n) is 8.67. The van der Waals surface area contributed by atoms with Crippen molar-refractivity contribution >= 4 is 39.8 Å². The molecule has 1 aliphatic heterocycles. The third-order valence-electron chi connectivity index (χ3n) is 6.22. The van der Waals surface area contributed by atoms with Crippen molar-refractivity contribution in [3.63, 3.8) is 0 Å². The molecule has 0 bridgehead atoms. The number of rotatable bonds is 10. The highest BCUT2D eigenvalue weighted by Crippen LogP contribution is 2.38. The summed E-state index contributed by atoms with van der Waals surface area (Å²) in [6.45, 7) is 10.5. The molecule has 6 heteroatoms. The van der Waals surface area contributed by atoms with Gasteiger partial charge in [-0.25, -0.2) is 0 Å². The topological polar surface area (TPSA) is 55.8 Å². The van der Waals surface area contributed by atoms with Crippen LogP contribution in [-0.2, 0) is 17.8 Å². The van der Waals surface area contributed by atoms with Crippen LogP contribution >= 0.6 is 11.8 Å². The molecule has 3 aromatic carbocycles. The number of carbonyl (C=O) groups excluding carboxylic acids is 2. The van der Waals surface area contributed by atoms with Crippen LogP contribution in [0.1, 0.15) is 43.9 Å². The van der Waals surface area contributed by atoms with E-state index in [1.807, 2.05) is 57.2 Å². The largest absolute Gasteiger partial charge is 0.490 e. The summed E-state index contributed by atoms with van der Waals surface area (Å²) in [4.78, 5) is 27.1. The molecule has 0 unspecified atom stereocenters. The number of hydrogen-bond donors (Lipinski definition) is 0. The number of fused-ring (bicyclic) bond motifs is 1. The summed E-state index contributed by atoms with van der Waals surface area (Å²) in [7, 11) is 0. The maximum absolute atomic E-state index is 12.9. The first-order valence-electron chi connectivity index (χ1n) is 12.2. The van der Waals surface area contributed by atoms with Gasteiger partial charge >= 0.3 is 0 Å². The minimum absolute atomic E-state index is 0.136. The summed E-state index contributed by atoms with van der Waals surface area (Å²) < 4.78 is 12.3. The number of thioether (sulfide) groups is 1. The first-order valence-corrected chi connectivity index (χ1v) is 13.1. The zero-order chi connectivity index (χ0) is 25.7. The lowest BCUT2D eigenvalue weighted by atomic mass is 10.0. The highest BCUT2D eigenvalue weighted by atomic mass is 32.2. The van der Waals surface area contributed by atoms with Gasteiger partial charge in [0, 0.05) is 11.6 Å². The molecule has 36 heavy (non-hydrogen) atoms. The first kappa shape index (κ1) is 25.6. The van der Waals surface area contributed by atoms with E-state index in [0.717, 1.165) is 39.2 Å². The quantitative estimate of drug-likeness (QED) is 0.214. The van der Waals surface area contributed by atoms with Crippen molar-refractivity contribution in [3.05, 3.63) is 88.8 Å². The normalized spacial score (nSPS) is 15.5. The minimum atomic E-state index is -0.251. The third kappa shape index (κ3) is 5.34. The Morgan fingerprint density at radius 2 is 1.81 bits per heavy atom. The SMILES string of the molecule is C=CCc1cc(/C=C2/SC(=O)N([C@H](C)CC)C2=O)cc(OCC)c1OCc1cccc2ccccc12.